The van der Waals surface area contributed by atoms with Gasteiger partial charge in [0.25, 0.3) is 0 Å². The van der Waals surface area contributed by atoms with Gasteiger partial charge in [0.15, 0.2) is 0 Å². The number of aromatic amines is 1. The predicted octanol–water partition coefficient (Wildman–Crippen LogP) is 3.42. The van der Waals surface area contributed by atoms with Crippen molar-refractivity contribution in [2.75, 3.05) is 25.6 Å². The summed E-state index contributed by atoms with van der Waals surface area (Å²) in [6, 6.07) is 5.75. The molecule has 3 aromatic rings. The van der Waals surface area contributed by atoms with Crippen molar-refractivity contribution < 1.29 is 14.3 Å². The van der Waals surface area contributed by atoms with E-state index >= 15 is 0 Å². The molecule has 2 aromatic heterocycles. The Bertz CT molecular complexity index is 1030. The third kappa shape index (κ3) is 4.24. The topological polar surface area (TPSA) is 94.1 Å². The van der Waals surface area contributed by atoms with Crippen LogP contribution < -0.4 is 5.32 Å². The molecule has 0 radical (unpaired) electrons. The van der Waals surface area contributed by atoms with E-state index in [1.165, 1.54) is 0 Å². The lowest BCUT2D eigenvalue weighted by Gasteiger charge is -2.17. The number of anilines is 1. The van der Waals surface area contributed by atoms with Gasteiger partial charge in [-0.3, -0.25) is 9.48 Å². The number of ether oxygens (including phenoxy) is 2. The Balaban J connectivity index is 1.48. The summed E-state index contributed by atoms with van der Waals surface area (Å²) < 4.78 is 12.8. The smallest absolute Gasteiger partial charge is 0.230 e. The van der Waals surface area contributed by atoms with Gasteiger partial charge >= 0.3 is 0 Å². The molecule has 3 heterocycles. The van der Waals surface area contributed by atoms with Crippen molar-refractivity contribution in [1.29, 1.82) is 0 Å². The van der Waals surface area contributed by atoms with E-state index in [4.69, 9.17) is 9.47 Å². The molecule has 0 saturated carbocycles. The molecule has 8 nitrogen and oxygen atoms in total. The van der Waals surface area contributed by atoms with E-state index in [1.54, 1.807) is 13.3 Å². The average molecular weight is 412 g/mol. The Morgan fingerprint density at radius 3 is 3.00 bits per heavy atom. The lowest BCUT2D eigenvalue weighted by Crippen LogP contribution is -2.25. The Hall–Kier alpha value is -2.71. The number of H-pyrrole nitrogens is 1. The quantitative estimate of drug-likeness (QED) is 0.648. The summed E-state index contributed by atoms with van der Waals surface area (Å²) in [7, 11) is 1.66. The minimum Gasteiger partial charge on any atom is -0.383 e. The first-order valence-corrected chi connectivity index (χ1v) is 10.3. The molecule has 1 saturated heterocycles. The molecule has 2 N–H and O–H groups in total. The van der Waals surface area contributed by atoms with Crippen molar-refractivity contribution in [3.8, 4) is 0 Å². The van der Waals surface area contributed by atoms with Gasteiger partial charge in [-0.05, 0) is 24.6 Å². The molecule has 0 spiro atoms. The molecule has 4 rings (SSSR count). The van der Waals surface area contributed by atoms with Crippen LogP contribution in [0.4, 0.5) is 5.69 Å². The number of aromatic nitrogens is 4. The molecule has 1 aromatic carbocycles. The number of carbonyl (C=O) groups excluding carboxylic acids is 1. The van der Waals surface area contributed by atoms with E-state index in [2.05, 4.69) is 41.2 Å². The van der Waals surface area contributed by atoms with Crippen LogP contribution >= 0.6 is 0 Å². The highest BCUT2D eigenvalue weighted by molar-refractivity contribution is 5.95. The van der Waals surface area contributed by atoms with Crippen LogP contribution in [0.5, 0.6) is 0 Å². The van der Waals surface area contributed by atoms with Crippen molar-refractivity contribution in [3.63, 3.8) is 0 Å². The average Bonchev–Trinajstić information content (AvgIpc) is 3.43. The maximum absolute atomic E-state index is 13.0. The fourth-order valence-electron chi connectivity index (χ4n) is 3.70. The maximum atomic E-state index is 13.0. The fraction of sp³-hybridized carbons (Fsp3) is 0.500. The van der Waals surface area contributed by atoms with Gasteiger partial charge in [-0.1, -0.05) is 20.8 Å². The van der Waals surface area contributed by atoms with Crippen LogP contribution in [-0.2, 0) is 26.2 Å². The monoisotopic (exact) mass is 411 g/mol. The number of imidazole rings is 1. The molecule has 1 amide bonds. The third-order valence-corrected chi connectivity index (χ3v) is 5.39. The normalized spacial score (nSPS) is 19.5. The van der Waals surface area contributed by atoms with E-state index in [0.717, 1.165) is 28.1 Å². The molecule has 30 heavy (non-hydrogen) atoms. The largest absolute Gasteiger partial charge is 0.383 e. The molecule has 0 aliphatic carbocycles. The maximum Gasteiger partial charge on any atom is 0.230 e. The first kappa shape index (κ1) is 20.6. The zero-order valence-corrected chi connectivity index (χ0v) is 17.9. The molecule has 1 aliphatic heterocycles. The second kappa shape index (κ2) is 8.20. The Morgan fingerprint density at radius 1 is 1.40 bits per heavy atom. The molecule has 0 unspecified atom stereocenters. The lowest BCUT2D eigenvalue weighted by molar-refractivity contribution is -0.121. The molecule has 1 fully saturated rings. The SMILES string of the molecule is COCCn1cc([C@H]2OCC[C@@H]2C(=O)Nc2ccc3nc(C(C)(C)C)[nH]c3c2)cn1. The van der Waals surface area contributed by atoms with Crippen molar-refractivity contribution in [1.82, 2.24) is 19.7 Å². The van der Waals surface area contributed by atoms with Crippen LogP contribution in [-0.4, -0.2) is 46.0 Å². The summed E-state index contributed by atoms with van der Waals surface area (Å²) in [5, 5.41) is 7.40. The molecule has 1 aliphatic rings. The molecule has 8 heteroatoms. The van der Waals surface area contributed by atoms with Crippen molar-refractivity contribution in [2.45, 2.75) is 45.3 Å². The minimum atomic E-state index is -0.287. The highest BCUT2D eigenvalue weighted by atomic mass is 16.5. The Kier molecular flexibility index (Phi) is 5.62. The second-order valence-electron chi connectivity index (χ2n) is 8.77. The first-order chi connectivity index (χ1) is 14.3. The van der Waals surface area contributed by atoms with Crippen LogP contribution in [0, 0.1) is 5.92 Å². The van der Waals surface area contributed by atoms with Gasteiger partial charge in [0.05, 0.1) is 42.4 Å². The number of nitrogens with one attached hydrogen (secondary N) is 2. The second-order valence-corrected chi connectivity index (χ2v) is 8.77. The summed E-state index contributed by atoms with van der Waals surface area (Å²) in [6.07, 6.45) is 4.10. The zero-order chi connectivity index (χ0) is 21.3. The summed E-state index contributed by atoms with van der Waals surface area (Å²) >= 11 is 0. The third-order valence-electron chi connectivity index (χ3n) is 5.39. The standard InChI is InChI=1S/C22H29N5O3/c1-22(2,3)21-25-17-6-5-15(11-18(17)26-21)24-20(28)16-7-9-30-19(16)14-12-23-27(13-14)8-10-29-4/h5-6,11-13,16,19H,7-10H2,1-4H3,(H,24,28)(H,25,26)/t16-,19+/m0/s1. The fourth-order valence-corrected chi connectivity index (χ4v) is 3.70. The van der Waals surface area contributed by atoms with Crippen LogP contribution in [0.1, 0.15) is 44.7 Å². The molecular formula is C22H29N5O3. The predicted molar refractivity (Wildman–Crippen MR) is 114 cm³/mol. The van der Waals surface area contributed by atoms with Crippen LogP contribution in [0.25, 0.3) is 11.0 Å². The number of carbonyl (C=O) groups is 1. The van der Waals surface area contributed by atoms with Crippen LogP contribution in [0.15, 0.2) is 30.6 Å². The van der Waals surface area contributed by atoms with Crippen molar-refractivity contribution >= 4 is 22.6 Å². The van der Waals surface area contributed by atoms with Gasteiger partial charge in [0.2, 0.25) is 5.91 Å². The number of benzene rings is 1. The number of methoxy groups -OCH3 is 1. The number of amides is 1. The van der Waals surface area contributed by atoms with E-state index in [9.17, 15) is 4.79 Å². The van der Waals surface area contributed by atoms with Crippen LogP contribution in [0.2, 0.25) is 0 Å². The van der Waals surface area contributed by atoms with Gasteiger partial charge in [-0.25, -0.2) is 4.98 Å². The molecule has 0 bridgehead atoms. The summed E-state index contributed by atoms with van der Waals surface area (Å²) in [4.78, 5) is 21.0. The number of hydrogen-bond donors (Lipinski definition) is 2. The number of nitrogens with zero attached hydrogens (tertiary/aromatic N) is 3. The van der Waals surface area contributed by atoms with Gasteiger partial charge in [0.1, 0.15) is 5.82 Å². The van der Waals surface area contributed by atoms with Crippen LogP contribution in [0.3, 0.4) is 0 Å². The lowest BCUT2D eigenvalue weighted by atomic mass is 9.96. The van der Waals surface area contributed by atoms with Gasteiger partial charge in [0, 0.05) is 36.6 Å². The van der Waals surface area contributed by atoms with E-state index < -0.39 is 0 Å². The van der Waals surface area contributed by atoms with E-state index in [-0.39, 0.29) is 23.3 Å². The number of hydrogen-bond acceptors (Lipinski definition) is 5. The molecule has 2 atom stereocenters. The van der Waals surface area contributed by atoms with Crippen molar-refractivity contribution in [3.05, 3.63) is 42.0 Å². The first-order valence-electron chi connectivity index (χ1n) is 10.3. The number of rotatable bonds is 6. The molecular weight excluding hydrogens is 382 g/mol. The highest BCUT2D eigenvalue weighted by Gasteiger charge is 2.36. The Labute approximate surface area is 176 Å². The summed E-state index contributed by atoms with van der Waals surface area (Å²) in [6.45, 7) is 8.16. The van der Waals surface area contributed by atoms with Gasteiger partial charge < -0.3 is 19.8 Å². The highest BCUT2D eigenvalue weighted by Crippen LogP contribution is 2.35. The number of fused-ring (bicyclic) bond motifs is 1. The summed E-state index contributed by atoms with van der Waals surface area (Å²) in [5.74, 6) is 0.625. The van der Waals surface area contributed by atoms with E-state index in [1.807, 2.05) is 29.1 Å². The Morgan fingerprint density at radius 2 is 2.23 bits per heavy atom. The minimum absolute atomic E-state index is 0.0444. The summed E-state index contributed by atoms with van der Waals surface area (Å²) in [5.41, 5.74) is 3.41. The van der Waals surface area contributed by atoms with Gasteiger partial charge in [-0.2, -0.15) is 5.10 Å². The van der Waals surface area contributed by atoms with Crippen molar-refractivity contribution in [2.24, 2.45) is 5.92 Å². The zero-order valence-electron chi connectivity index (χ0n) is 17.9. The van der Waals surface area contributed by atoms with Gasteiger partial charge in [-0.15, -0.1) is 0 Å². The van der Waals surface area contributed by atoms with E-state index in [0.29, 0.717) is 26.2 Å². The molecule has 160 valence electrons.